The maximum Gasteiger partial charge on any atom is 0.0716 e. The Morgan fingerprint density at radius 3 is 2.62 bits per heavy atom. The molecule has 88 valence electrons. The molecule has 0 bridgehead atoms. The van der Waals surface area contributed by atoms with Crippen LogP contribution in [0.15, 0.2) is 24.3 Å². The van der Waals surface area contributed by atoms with Gasteiger partial charge in [-0.3, -0.25) is 0 Å². The second kappa shape index (κ2) is 6.02. The molecule has 1 aliphatic carbocycles. The summed E-state index contributed by atoms with van der Waals surface area (Å²) in [6, 6.07) is 8.50. The molecule has 0 heterocycles. The number of hydrogen-bond acceptors (Lipinski definition) is 2. The Hall–Kier alpha value is -0.860. The summed E-state index contributed by atoms with van der Waals surface area (Å²) in [6.45, 7) is 2.85. The van der Waals surface area contributed by atoms with Crippen LogP contribution in [0.5, 0.6) is 0 Å². The van der Waals surface area contributed by atoms with Crippen LogP contribution >= 0.6 is 0 Å². The zero-order chi connectivity index (χ0) is 11.2. The van der Waals surface area contributed by atoms with Gasteiger partial charge in [0, 0.05) is 13.7 Å². The van der Waals surface area contributed by atoms with Crippen molar-refractivity contribution in [3.8, 4) is 0 Å². The van der Waals surface area contributed by atoms with Crippen molar-refractivity contribution in [1.29, 1.82) is 0 Å². The van der Waals surface area contributed by atoms with Crippen LogP contribution in [0.4, 0.5) is 0 Å². The van der Waals surface area contributed by atoms with E-state index in [1.165, 1.54) is 36.9 Å². The molecule has 1 aromatic rings. The molecular formula is C14H21NO. The quantitative estimate of drug-likeness (QED) is 0.794. The minimum Gasteiger partial charge on any atom is -0.380 e. The zero-order valence-corrected chi connectivity index (χ0v) is 10.0. The molecule has 16 heavy (non-hydrogen) atoms. The van der Waals surface area contributed by atoms with Gasteiger partial charge >= 0.3 is 0 Å². The maximum atomic E-state index is 5.20. The Kier molecular flexibility index (Phi) is 4.37. The summed E-state index contributed by atoms with van der Waals surface area (Å²) in [5.74, 6) is 0.926. The van der Waals surface area contributed by atoms with Crippen LogP contribution in [-0.4, -0.2) is 13.7 Å². The van der Waals surface area contributed by atoms with Crippen molar-refractivity contribution >= 4 is 0 Å². The van der Waals surface area contributed by atoms with Crippen molar-refractivity contribution in [3.05, 3.63) is 35.4 Å². The minimum absolute atomic E-state index is 0.710. The maximum absolute atomic E-state index is 5.20. The molecule has 1 fully saturated rings. The number of methoxy groups -OCH3 is 1. The van der Waals surface area contributed by atoms with Gasteiger partial charge in [-0.25, -0.2) is 0 Å². The van der Waals surface area contributed by atoms with E-state index in [-0.39, 0.29) is 0 Å². The topological polar surface area (TPSA) is 21.3 Å². The number of hydrogen-bond donors (Lipinski definition) is 1. The lowest BCUT2D eigenvalue weighted by molar-refractivity contribution is 0.184. The molecule has 0 unspecified atom stereocenters. The van der Waals surface area contributed by atoms with Crippen molar-refractivity contribution in [2.45, 2.75) is 32.4 Å². The monoisotopic (exact) mass is 219 g/mol. The summed E-state index contributed by atoms with van der Waals surface area (Å²) < 4.78 is 5.20. The van der Waals surface area contributed by atoms with Crippen molar-refractivity contribution in [1.82, 2.24) is 5.32 Å². The van der Waals surface area contributed by atoms with Crippen molar-refractivity contribution < 1.29 is 4.74 Å². The Labute approximate surface area is 98.0 Å². The molecule has 2 nitrogen and oxygen atoms in total. The lowest BCUT2D eigenvalue weighted by atomic mass is 9.85. The largest absolute Gasteiger partial charge is 0.380 e. The third kappa shape index (κ3) is 3.06. The number of benzene rings is 1. The van der Waals surface area contributed by atoms with Gasteiger partial charge in [-0.2, -0.15) is 0 Å². The highest BCUT2D eigenvalue weighted by Gasteiger charge is 2.16. The van der Waals surface area contributed by atoms with Gasteiger partial charge in [0.2, 0.25) is 0 Å². The molecule has 0 saturated heterocycles. The number of nitrogens with one attached hydrogen (secondary N) is 1. The minimum atomic E-state index is 0.710. The molecule has 0 aliphatic heterocycles. The summed E-state index contributed by atoms with van der Waals surface area (Å²) in [5, 5.41) is 3.55. The lowest BCUT2D eigenvalue weighted by Gasteiger charge is -2.25. The molecule has 1 aromatic carbocycles. The summed E-state index contributed by atoms with van der Waals surface area (Å²) in [4.78, 5) is 0. The Morgan fingerprint density at radius 2 is 2.00 bits per heavy atom. The van der Waals surface area contributed by atoms with E-state index >= 15 is 0 Å². The first-order valence-electron chi connectivity index (χ1n) is 6.16. The van der Waals surface area contributed by atoms with E-state index < -0.39 is 0 Å². The Balaban J connectivity index is 1.82. The normalized spacial score (nSPS) is 16.1. The second-order valence-electron chi connectivity index (χ2n) is 4.63. The molecule has 0 aromatic heterocycles. The fourth-order valence-electron chi connectivity index (χ4n) is 2.13. The van der Waals surface area contributed by atoms with Crippen LogP contribution in [0.1, 0.15) is 30.4 Å². The standard InChI is InChI=1S/C14H21NO/c1-16-11-14-8-3-2-7-13(14)10-15-9-12-5-4-6-12/h2-3,7-8,12,15H,4-6,9-11H2,1H3. The number of ether oxygens (including phenoxy) is 1. The molecule has 0 atom stereocenters. The van der Waals surface area contributed by atoms with Crippen molar-refractivity contribution in [2.75, 3.05) is 13.7 Å². The fraction of sp³-hybridized carbons (Fsp3) is 0.571. The van der Waals surface area contributed by atoms with E-state index in [0.717, 1.165) is 12.5 Å². The predicted molar refractivity (Wildman–Crippen MR) is 66.2 cm³/mol. The van der Waals surface area contributed by atoms with Gasteiger partial charge < -0.3 is 10.1 Å². The molecule has 2 heteroatoms. The van der Waals surface area contributed by atoms with Crippen LogP contribution in [0, 0.1) is 5.92 Å². The van der Waals surface area contributed by atoms with E-state index in [4.69, 9.17) is 4.74 Å². The van der Waals surface area contributed by atoms with Crippen LogP contribution in [-0.2, 0) is 17.9 Å². The average Bonchev–Trinajstić information content (AvgIpc) is 2.24. The first-order chi connectivity index (χ1) is 7.90. The Bertz CT molecular complexity index is 320. The highest BCUT2D eigenvalue weighted by atomic mass is 16.5. The van der Waals surface area contributed by atoms with Crippen LogP contribution < -0.4 is 5.32 Å². The molecule has 1 aliphatic rings. The molecule has 0 radical (unpaired) electrons. The van der Waals surface area contributed by atoms with E-state index in [1.54, 1.807) is 7.11 Å². The van der Waals surface area contributed by atoms with Crippen LogP contribution in [0.2, 0.25) is 0 Å². The highest BCUT2D eigenvalue weighted by molar-refractivity contribution is 5.26. The SMILES string of the molecule is COCc1ccccc1CNCC1CCC1. The second-order valence-corrected chi connectivity index (χ2v) is 4.63. The summed E-state index contributed by atoms with van der Waals surface area (Å²) in [7, 11) is 1.75. The van der Waals surface area contributed by atoms with Crippen molar-refractivity contribution in [2.24, 2.45) is 5.92 Å². The van der Waals surface area contributed by atoms with E-state index in [0.29, 0.717) is 6.61 Å². The summed E-state index contributed by atoms with van der Waals surface area (Å²) in [6.07, 6.45) is 4.24. The lowest BCUT2D eigenvalue weighted by Crippen LogP contribution is -2.27. The van der Waals surface area contributed by atoms with Gasteiger partial charge in [0.25, 0.3) is 0 Å². The van der Waals surface area contributed by atoms with E-state index in [1.807, 2.05) is 0 Å². The van der Waals surface area contributed by atoms with Gasteiger partial charge in [-0.1, -0.05) is 30.7 Å². The molecule has 0 amide bonds. The van der Waals surface area contributed by atoms with Gasteiger partial charge in [0.1, 0.15) is 0 Å². The molecule has 1 N–H and O–H groups in total. The van der Waals surface area contributed by atoms with Gasteiger partial charge in [-0.05, 0) is 36.4 Å². The first kappa shape index (κ1) is 11.6. The first-order valence-corrected chi connectivity index (χ1v) is 6.16. The molecule has 1 saturated carbocycles. The molecule has 0 spiro atoms. The average molecular weight is 219 g/mol. The van der Waals surface area contributed by atoms with E-state index in [9.17, 15) is 0 Å². The van der Waals surface area contributed by atoms with Gasteiger partial charge in [-0.15, -0.1) is 0 Å². The van der Waals surface area contributed by atoms with Gasteiger partial charge in [0.15, 0.2) is 0 Å². The zero-order valence-electron chi connectivity index (χ0n) is 10.0. The third-order valence-corrected chi connectivity index (χ3v) is 3.39. The number of rotatable bonds is 6. The van der Waals surface area contributed by atoms with E-state index in [2.05, 4.69) is 29.6 Å². The van der Waals surface area contributed by atoms with Gasteiger partial charge in [0.05, 0.1) is 6.61 Å². The van der Waals surface area contributed by atoms with Crippen LogP contribution in [0.3, 0.4) is 0 Å². The smallest absolute Gasteiger partial charge is 0.0716 e. The third-order valence-electron chi connectivity index (χ3n) is 3.39. The summed E-state index contributed by atoms with van der Waals surface area (Å²) >= 11 is 0. The fourth-order valence-corrected chi connectivity index (χ4v) is 2.13. The Morgan fingerprint density at radius 1 is 1.25 bits per heavy atom. The highest BCUT2D eigenvalue weighted by Crippen LogP contribution is 2.25. The van der Waals surface area contributed by atoms with Crippen molar-refractivity contribution in [3.63, 3.8) is 0 Å². The molecular weight excluding hydrogens is 198 g/mol. The molecule has 2 rings (SSSR count). The predicted octanol–water partition coefficient (Wildman–Crippen LogP) is 2.72. The summed E-state index contributed by atoms with van der Waals surface area (Å²) in [5.41, 5.74) is 2.66. The van der Waals surface area contributed by atoms with Crippen LogP contribution in [0.25, 0.3) is 0 Å².